The Morgan fingerprint density at radius 2 is 2.11 bits per heavy atom. The maximum atomic E-state index is 12.1. The number of aromatic nitrogens is 1. The predicted octanol–water partition coefficient (Wildman–Crippen LogP) is 1.78. The van der Waals surface area contributed by atoms with E-state index in [1.165, 1.54) is 4.88 Å². The number of fused-ring (bicyclic) bond motifs is 1. The summed E-state index contributed by atoms with van der Waals surface area (Å²) in [5, 5.41) is 0. The zero-order valence-corrected chi connectivity index (χ0v) is 11.8. The van der Waals surface area contributed by atoms with Gasteiger partial charge in [0.15, 0.2) is 4.47 Å². The van der Waals surface area contributed by atoms with Crippen LogP contribution in [0, 0.1) is 0 Å². The number of carbonyl (C=O) groups is 1. The number of rotatable bonds is 2. The number of hydrogen-bond donors (Lipinski definition) is 0. The Bertz CT molecular complexity index is 456. The van der Waals surface area contributed by atoms with Crippen molar-refractivity contribution in [2.75, 3.05) is 26.2 Å². The maximum absolute atomic E-state index is 12.1. The lowest BCUT2D eigenvalue weighted by molar-refractivity contribution is -0.131. The number of nitrogens with zero attached hydrogens (tertiary/aromatic N) is 3. The molecule has 2 aliphatic heterocycles. The van der Waals surface area contributed by atoms with E-state index in [0.29, 0.717) is 11.0 Å². The van der Waals surface area contributed by atoms with Crippen molar-refractivity contribution < 1.29 is 4.79 Å². The number of likely N-dealkylation sites (tertiary alicyclic amines) is 1. The summed E-state index contributed by atoms with van der Waals surface area (Å²) in [5.74, 6) is 0.270. The minimum Gasteiger partial charge on any atom is -0.342 e. The summed E-state index contributed by atoms with van der Waals surface area (Å²) in [4.78, 5) is 21.8. The quantitative estimate of drug-likeness (QED) is 0.831. The van der Waals surface area contributed by atoms with Gasteiger partial charge in [-0.15, -0.1) is 11.3 Å². The van der Waals surface area contributed by atoms with E-state index in [-0.39, 0.29) is 5.91 Å². The first-order valence-corrected chi connectivity index (χ1v) is 7.56. The molecule has 1 aromatic rings. The highest BCUT2D eigenvalue weighted by atomic mass is 35.5. The molecule has 0 saturated carbocycles. The molecule has 0 N–H and O–H groups in total. The third-order valence-corrected chi connectivity index (χ3v) is 4.79. The standard InChI is InChI=1S/C12H16ClN3OS/c13-12-14-9-3-6-15(7-10(9)18-12)8-11(17)16-4-1-2-5-16/h1-8H2. The Morgan fingerprint density at radius 3 is 2.89 bits per heavy atom. The van der Waals surface area contributed by atoms with Gasteiger partial charge in [-0.2, -0.15) is 0 Å². The summed E-state index contributed by atoms with van der Waals surface area (Å²) in [5.41, 5.74) is 1.12. The number of halogens is 1. The van der Waals surface area contributed by atoms with Crippen molar-refractivity contribution in [2.24, 2.45) is 0 Å². The topological polar surface area (TPSA) is 36.4 Å². The highest BCUT2D eigenvalue weighted by molar-refractivity contribution is 7.15. The van der Waals surface area contributed by atoms with E-state index in [0.717, 1.165) is 51.1 Å². The molecule has 4 nitrogen and oxygen atoms in total. The van der Waals surface area contributed by atoms with E-state index >= 15 is 0 Å². The molecule has 0 unspecified atom stereocenters. The lowest BCUT2D eigenvalue weighted by atomic mass is 10.2. The van der Waals surface area contributed by atoms with Gasteiger partial charge in [0.25, 0.3) is 0 Å². The highest BCUT2D eigenvalue weighted by Gasteiger charge is 2.24. The van der Waals surface area contributed by atoms with Gasteiger partial charge in [0.2, 0.25) is 5.91 Å². The first-order valence-electron chi connectivity index (χ1n) is 6.36. The SMILES string of the molecule is O=C(CN1CCc2nc(Cl)sc2C1)N1CCCC1. The van der Waals surface area contributed by atoms with Crippen molar-refractivity contribution >= 4 is 28.8 Å². The van der Waals surface area contributed by atoms with Crippen LogP contribution >= 0.6 is 22.9 Å². The minimum absolute atomic E-state index is 0.270. The van der Waals surface area contributed by atoms with Gasteiger partial charge in [0.1, 0.15) is 0 Å². The third kappa shape index (κ3) is 2.53. The molecule has 0 radical (unpaired) electrons. The summed E-state index contributed by atoms with van der Waals surface area (Å²) in [6.45, 7) is 4.13. The molecule has 0 atom stereocenters. The van der Waals surface area contributed by atoms with E-state index in [9.17, 15) is 4.79 Å². The van der Waals surface area contributed by atoms with Gasteiger partial charge in [0.05, 0.1) is 12.2 Å². The third-order valence-electron chi connectivity index (χ3n) is 3.60. The molecule has 3 heterocycles. The molecule has 1 saturated heterocycles. The fourth-order valence-corrected chi connectivity index (χ4v) is 3.86. The molecule has 2 aliphatic rings. The zero-order chi connectivity index (χ0) is 12.5. The monoisotopic (exact) mass is 285 g/mol. The second-order valence-corrected chi connectivity index (χ2v) is 6.55. The molecule has 18 heavy (non-hydrogen) atoms. The summed E-state index contributed by atoms with van der Waals surface area (Å²) in [6, 6.07) is 0. The van der Waals surface area contributed by atoms with Crippen LogP contribution in [0.4, 0.5) is 0 Å². The second kappa shape index (κ2) is 5.15. The van der Waals surface area contributed by atoms with E-state index in [1.807, 2.05) is 4.90 Å². The zero-order valence-electron chi connectivity index (χ0n) is 10.2. The molecule has 3 rings (SSSR count). The molecule has 1 amide bonds. The largest absolute Gasteiger partial charge is 0.342 e. The Hall–Kier alpha value is -0.650. The summed E-state index contributed by atoms with van der Waals surface area (Å²) in [6.07, 6.45) is 3.21. The van der Waals surface area contributed by atoms with Crippen LogP contribution in [-0.4, -0.2) is 46.9 Å². The summed E-state index contributed by atoms with van der Waals surface area (Å²) < 4.78 is 0.618. The van der Waals surface area contributed by atoms with Gasteiger partial charge >= 0.3 is 0 Å². The van der Waals surface area contributed by atoms with Crippen LogP contribution in [0.3, 0.4) is 0 Å². The first-order chi connectivity index (χ1) is 8.72. The molecule has 0 aromatic carbocycles. The van der Waals surface area contributed by atoms with Crippen LogP contribution in [0.25, 0.3) is 0 Å². The lowest BCUT2D eigenvalue weighted by Gasteiger charge is -2.27. The molecule has 6 heteroatoms. The lowest BCUT2D eigenvalue weighted by Crippen LogP contribution is -2.40. The van der Waals surface area contributed by atoms with Gasteiger partial charge in [-0.3, -0.25) is 9.69 Å². The number of carbonyl (C=O) groups excluding carboxylic acids is 1. The van der Waals surface area contributed by atoms with Crippen LogP contribution < -0.4 is 0 Å². The predicted molar refractivity (Wildman–Crippen MR) is 71.9 cm³/mol. The van der Waals surface area contributed by atoms with Crippen molar-refractivity contribution in [2.45, 2.75) is 25.8 Å². The van der Waals surface area contributed by atoms with E-state index in [2.05, 4.69) is 9.88 Å². The van der Waals surface area contributed by atoms with Gasteiger partial charge in [-0.05, 0) is 12.8 Å². The molecule has 0 spiro atoms. The molecule has 1 fully saturated rings. The molecule has 98 valence electrons. The van der Waals surface area contributed by atoms with E-state index in [4.69, 9.17) is 11.6 Å². The summed E-state index contributed by atoms with van der Waals surface area (Å²) >= 11 is 7.46. The van der Waals surface area contributed by atoms with Crippen molar-refractivity contribution in [3.05, 3.63) is 15.0 Å². The average molecular weight is 286 g/mol. The van der Waals surface area contributed by atoms with Gasteiger partial charge < -0.3 is 4.90 Å². The van der Waals surface area contributed by atoms with Gasteiger partial charge in [0, 0.05) is 37.5 Å². The Balaban J connectivity index is 1.60. The van der Waals surface area contributed by atoms with Crippen molar-refractivity contribution in [3.8, 4) is 0 Å². The number of thiazole rings is 1. The van der Waals surface area contributed by atoms with E-state index in [1.54, 1.807) is 11.3 Å². The Morgan fingerprint density at radius 1 is 1.33 bits per heavy atom. The first kappa shape index (κ1) is 12.4. The maximum Gasteiger partial charge on any atom is 0.236 e. The number of amides is 1. The van der Waals surface area contributed by atoms with E-state index < -0.39 is 0 Å². The average Bonchev–Trinajstić information content (AvgIpc) is 2.95. The second-order valence-electron chi connectivity index (χ2n) is 4.89. The van der Waals surface area contributed by atoms with Gasteiger partial charge in [-0.25, -0.2) is 4.98 Å². The van der Waals surface area contributed by atoms with Crippen LogP contribution in [0.2, 0.25) is 4.47 Å². The number of hydrogen-bond acceptors (Lipinski definition) is 4. The molecule has 0 bridgehead atoms. The molecular weight excluding hydrogens is 270 g/mol. The normalized spacial score (nSPS) is 20.2. The fourth-order valence-electron chi connectivity index (χ4n) is 2.61. The van der Waals surface area contributed by atoms with Crippen molar-refractivity contribution in [1.82, 2.24) is 14.8 Å². The Kier molecular flexibility index (Phi) is 3.54. The highest BCUT2D eigenvalue weighted by Crippen LogP contribution is 2.27. The Labute approximate surface area is 116 Å². The van der Waals surface area contributed by atoms with Crippen molar-refractivity contribution in [1.29, 1.82) is 0 Å². The molecule has 0 aliphatic carbocycles. The van der Waals surface area contributed by atoms with Crippen LogP contribution in [0.1, 0.15) is 23.4 Å². The van der Waals surface area contributed by atoms with Crippen LogP contribution in [-0.2, 0) is 17.8 Å². The molecule has 1 aromatic heterocycles. The smallest absolute Gasteiger partial charge is 0.236 e. The van der Waals surface area contributed by atoms with Crippen LogP contribution in [0.5, 0.6) is 0 Å². The van der Waals surface area contributed by atoms with Crippen LogP contribution in [0.15, 0.2) is 0 Å². The molecular formula is C12H16ClN3OS. The van der Waals surface area contributed by atoms with Crippen molar-refractivity contribution in [3.63, 3.8) is 0 Å². The van der Waals surface area contributed by atoms with Gasteiger partial charge in [-0.1, -0.05) is 11.6 Å². The summed E-state index contributed by atoms with van der Waals surface area (Å²) in [7, 11) is 0. The minimum atomic E-state index is 0.270. The fraction of sp³-hybridized carbons (Fsp3) is 0.667.